The normalized spacial score (nSPS) is 13.9. The molecule has 15 nitrogen and oxygen atoms in total. The van der Waals surface area contributed by atoms with Crippen molar-refractivity contribution in [3.8, 4) is 5.75 Å². The minimum Gasteiger partial charge on any atom is -0.508 e. The first kappa shape index (κ1) is 29.8. The van der Waals surface area contributed by atoms with Gasteiger partial charge in [0, 0.05) is 6.42 Å². The smallest absolute Gasteiger partial charge is 0.328 e. The number of aliphatic carboxylic acids is 1. The van der Waals surface area contributed by atoms with E-state index in [9.17, 15) is 33.9 Å². The highest BCUT2D eigenvalue weighted by molar-refractivity contribution is 5.96. The summed E-state index contributed by atoms with van der Waals surface area (Å²) in [6.45, 7) is -0.948. The van der Waals surface area contributed by atoms with Crippen molar-refractivity contribution in [3.63, 3.8) is 0 Å². The molecular formula is C21H30N6O9. The fourth-order valence-corrected chi connectivity index (χ4v) is 2.95. The molecule has 0 aromatic heterocycles. The number of phenolic OH excluding ortho intramolecular Hbond substituents is 1. The molecular weight excluding hydrogens is 480 g/mol. The van der Waals surface area contributed by atoms with Crippen molar-refractivity contribution >= 4 is 35.5 Å². The van der Waals surface area contributed by atoms with Crippen LogP contribution in [-0.4, -0.2) is 81.6 Å². The average Bonchev–Trinajstić information content (AvgIpc) is 2.80. The molecule has 198 valence electrons. The molecule has 0 heterocycles. The fourth-order valence-electron chi connectivity index (χ4n) is 2.95. The van der Waals surface area contributed by atoms with Gasteiger partial charge in [-0.25, -0.2) is 4.79 Å². The second kappa shape index (κ2) is 14.2. The lowest BCUT2D eigenvalue weighted by atomic mass is 10.0. The van der Waals surface area contributed by atoms with Crippen LogP contribution in [0.4, 0.5) is 0 Å². The Labute approximate surface area is 205 Å². The van der Waals surface area contributed by atoms with Gasteiger partial charge in [0.1, 0.15) is 23.9 Å². The van der Waals surface area contributed by atoms with E-state index in [-0.39, 0.29) is 25.0 Å². The molecule has 4 atom stereocenters. The van der Waals surface area contributed by atoms with Gasteiger partial charge in [-0.15, -0.1) is 0 Å². The van der Waals surface area contributed by atoms with Crippen LogP contribution in [0, 0.1) is 0 Å². The lowest BCUT2D eigenvalue weighted by molar-refractivity contribution is -0.143. The number of nitrogens with one attached hydrogen (secondary N) is 3. The number of primary amides is 2. The summed E-state index contributed by atoms with van der Waals surface area (Å²) in [5.41, 5.74) is 16.7. The second-order valence-corrected chi connectivity index (χ2v) is 7.86. The SMILES string of the molecule is NC(=O)CCC(NC(=O)C(CC(N)=O)NC(=O)C(N)Cc1ccc(O)cc1)C(=O)NC(CO)C(=O)O. The van der Waals surface area contributed by atoms with Crippen LogP contribution in [0.25, 0.3) is 0 Å². The molecule has 0 fully saturated rings. The summed E-state index contributed by atoms with van der Waals surface area (Å²) < 4.78 is 0. The summed E-state index contributed by atoms with van der Waals surface area (Å²) in [6.07, 6.45) is -1.36. The first-order valence-electron chi connectivity index (χ1n) is 10.7. The van der Waals surface area contributed by atoms with Gasteiger partial charge in [-0.05, 0) is 30.5 Å². The Hall–Kier alpha value is -4.24. The summed E-state index contributed by atoms with van der Waals surface area (Å²) >= 11 is 0. The number of aliphatic hydroxyl groups excluding tert-OH is 1. The van der Waals surface area contributed by atoms with Crippen LogP contribution in [0.2, 0.25) is 0 Å². The Balaban J connectivity index is 2.97. The van der Waals surface area contributed by atoms with E-state index in [2.05, 4.69) is 10.6 Å². The number of carboxylic acid groups (broad SMARTS) is 1. The van der Waals surface area contributed by atoms with Crippen LogP contribution in [0.3, 0.4) is 0 Å². The Morgan fingerprint density at radius 2 is 1.33 bits per heavy atom. The number of carboxylic acids is 1. The van der Waals surface area contributed by atoms with Gasteiger partial charge in [-0.3, -0.25) is 24.0 Å². The van der Waals surface area contributed by atoms with Crippen LogP contribution in [-0.2, 0) is 35.2 Å². The quantitative estimate of drug-likeness (QED) is 0.110. The Kier molecular flexibility index (Phi) is 11.8. The molecule has 36 heavy (non-hydrogen) atoms. The zero-order chi connectivity index (χ0) is 27.4. The van der Waals surface area contributed by atoms with E-state index >= 15 is 0 Å². The van der Waals surface area contributed by atoms with Gasteiger partial charge in [-0.1, -0.05) is 12.1 Å². The maximum absolute atomic E-state index is 12.8. The Morgan fingerprint density at radius 1 is 0.806 bits per heavy atom. The van der Waals surface area contributed by atoms with E-state index in [4.69, 9.17) is 27.4 Å². The number of hydrogen-bond acceptors (Lipinski definition) is 9. The largest absolute Gasteiger partial charge is 0.508 e. The van der Waals surface area contributed by atoms with Crippen molar-refractivity contribution in [1.29, 1.82) is 0 Å². The molecule has 0 aliphatic carbocycles. The molecule has 5 amide bonds. The van der Waals surface area contributed by atoms with Gasteiger partial charge in [0.05, 0.1) is 19.1 Å². The van der Waals surface area contributed by atoms with Crippen molar-refractivity contribution in [2.24, 2.45) is 17.2 Å². The number of carbonyl (C=O) groups is 6. The molecule has 0 spiro atoms. The van der Waals surface area contributed by atoms with Crippen LogP contribution < -0.4 is 33.2 Å². The fraction of sp³-hybridized carbons (Fsp3) is 0.429. The predicted molar refractivity (Wildman–Crippen MR) is 123 cm³/mol. The van der Waals surface area contributed by atoms with Gasteiger partial charge in [-0.2, -0.15) is 0 Å². The third kappa shape index (κ3) is 10.4. The van der Waals surface area contributed by atoms with Crippen LogP contribution in [0.15, 0.2) is 24.3 Å². The van der Waals surface area contributed by atoms with Crippen molar-refractivity contribution in [1.82, 2.24) is 16.0 Å². The number of phenols is 1. The number of benzene rings is 1. The highest BCUT2D eigenvalue weighted by Crippen LogP contribution is 2.11. The van der Waals surface area contributed by atoms with Crippen molar-refractivity contribution in [2.75, 3.05) is 6.61 Å². The lowest BCUT2D eigenvalue weighted by Gasteiger charge is -2.24. The molecule has 1 aromatic rings. The van der Waals surface area contributed by atoms with Gasteiger partial charge in [0.25, 0.3) is 0 Å². The highest BCUT2D eigenvalue weighted by atomic mass is 16.4. The summed E-state index contributed by atoms with van der Waals surface area (Å²) in [7, 11) is 0. The number of nitrogens with two attached hydrogens (primary N) is 3. The maximum Gasteiger partial charge on any atom is 0.328 e. The molecule has 0 aliphatic rings. The number of aliphatic hydroxyl groups is 1. The van der Waals surface area contributed by atoms with Crippen LogP contribution in [0.1, 0.15) is 24.8 Å². The molecule has 12 N–H and O–H groups in total. The third-order valence-electron chi connectivity index (χ3n) is 4.88. The number of rotatable bonds is 15. The van der Waals surface area contributed by atoms with Gasteiger partial charge < -0.3 is 48.5 Å². The molecule has 0 radical (unpaired) electrons. The number of hydrogen-bond donors (Lipinski definition) is 9. The minimum absolute atomic E-state index is 0.0126. The van der Waals surface area contributed by atoms with Crippen LogP contribution >= 0.6 is 0 Å². The van der Waals surface area contributed by atoms with Crippen molar-refractivity contribution in [3.05, 3.63) is 29.8 Å². The van der Waals surface area contributed by atoms with E-state index in [1.54, 1.807) is 0 Å². The van der Waals surface area contributed by atoms with Crippen molar-refractivity contribution in [2.45, 2.75) is 49.9 Å². The van der Waals surface area contributed by atoms with Gasteiger partial charge in [0.15, 0.2) is 0 Å². The van der Waals surface area contributed by atoms with Gasteiger partial charge >= 0.3 is 5.97 Å². The third-order valence-corrected chi connectivity index (χ3v) is 4.88. The molecule has 0 saturated carbocycles. The van der Waals surface area contributed by atoms with E-state index < -0.39 is 72.7 Å². The lowest BCUT2D eigenvalue weighted by Crippen LogP contribution is -2.58. The Bertz CT molecular complexity index is 969. The van der Waals surface area contributed by atoms with Crippen molar-refractivity contribution < 1.29 is 44.1 Å². The molecule has 4 unspecified atom stereocenters. The summed E-state index contributed by atoms with van der Waals surface area (Å²) in [5.74, 6) is -6.24. The second-order valence-electron chi connectivity index (χ2n) is 7.86. The van der Waals surface area contributed by atoms with E-state index in [1.165, 1.54) is 24.3 Å². The number of carbonyl (C=O) groups excluding carboxylic acids is 5. The summed E-state index contributed by atoms with van der Waals surface area (Å²) in [4.78, 5) is 71.6. The molecule has 0 saturated heterocycles. The van der Waals surface area contributed by atoms with Crippen LogP contribution in [0.5, 0.6) is 5.75 Å². The van der Waals surface area contributed by atoms with E-state index in [0.717, 1.165) is 0 Å². The monoisotopic (exact) mass is 510 g/mol. The minimum atomic E-state index is -1.69. The zero-order valence-electron chi connectivity index (χ0n) is 19.2. The predicted octanol–water partition coefficient (Wildman–Crippen LogP) is -4.07. The number of aromatic hydroxyl groups is 1. The number of amides is 5. The van der Waals surface area contributed by atoms with Gasteiger partial charge in [0.2, 0.25) is 29.5 Å². The first-order valence-corrected chi connectivity index (χ1v) is 10.7. The first-order chi connectivity index (χ1) is 16.8. The molecule has 0 aliphatic heterocycles. The zero-order valence-corrected chi connectivity index (χ0v) is 19.2. The topological polar surface area (TPSA) is 277 Å². The molecule has 1 rings (SSSR count). The summed E-state index contributed by atoms with van der Waals surface area (Å²) in [5, 5.41) is 33.9. The average molecular weight is 511 g/mol. The Morgan fingerprint density at radius 3 is 1.83 bits per heavy atom. The van der Waals surface area contributed by atoms with E-state index in [1.807, 2.05) is 5.32 Å². The molecule has 1 aromatic carbocycles. The van der Waals surface area contributed by atoms with E-state index in [0.29, 0.717) is 5.56 Å². The standard InChI is InChI=1S/C21H30N6O9/c22-12(7-10-1-3-11(29)4-2-10)18(32)26-14(8-17(24)31)20(34)25-13(5-6-16(23)30)19(33)27-15(9-28)21(35)36/h1-4,12-15,28-29H,5-9,22H2,(H2,23,30)(H2,24,31)(H,25,34)(H,26,32)(H,27,33)(H,35,36). The maximum atomic E-state index is 12.8. The molecule has 15 heteroatoms. The highest BCUT2D eigenvalue weighted by Gasteiger charge is 2.31. The molecule has 0 bridgehead atoms. The summed E-state index contributed by atoms with van der Waals surface area (Å²) in [6, 6.07) is -0.0477.